The van der Waals surface area contributed by atoms with Gasteiger partial charge in [0.25, 0.3) is 0 Å². The van der Waals surface area contributed by atoms with Crippen LogP contribution in [0.2, 0.25) is 0 Å². The number of nitrogens with two attached hydrogens (primary N) is 2. The zero-order chi connectivity index (χ0) is 52.9. The molecule has 0 fully saturated rings. The van der Waals surface area contributed by atoms with Gasteiger partial charge in [0.15, 0.2) is 0 Å². The number of aromatic nitrogens is 1. The largest absolute Gasteiger partial charge is 3.00 e. The summed E-state index contributed by atoms with van der Waals surface area (Å²) in [6, 6.07) is 13.4. The Morgan fingerprint density at radius 3 is 1.53 bits per heavy atom. The van der Waals surface area contributed by atoms with Crippen LogP contribution in [0.5, 0.6) is 0 Å². The van der Waals surface area contributed by atoms with E-state index in [-0.39, 0.29) is 57.8 Å². The molecule has 4 aromatic rings. The van der Waals surface area contributed by atoms with Gasteiger partial charge in [-0.1, -0.05) is 78.9 Å². The zero-order valence-corrected chi connectivity index (χ0v) is 44.5. The first kappa shape index (κ1) is 61.4. The smallest absolute Gasteiger partial charge is 0.790 e. The van der Waals surface area contributed by atoms with Crippen LogP contribution in [0.3, 0.4) is 0 Å². The quantitative estimate of drug-likeness (QED) is 0.0141. The maximum absolute atomic E-state index is 14.6. The SMILES string of the molecule is C[C@@H](O)[C@H](NC(=O)[C@H](C[S-])NC(=O)[C@@H](NC(=O)[C@H](CCCCN)NC(=O)[C@@H](Cc1c[nH]c2ccccc12)NC(=O)[C@H](Cc1ccccc1)NC(=O)[C@H](C[S-])NC(=O)[C@H](N)Cc1ccccc1)[C@@H](C)O)C(=O)[O-].[68Ga+3]. The molecule has 1 aromatic heterocycles. The fourth-order valence-electron chi connectivity index (χ4n) is 7.52. The Morgan fingerprint density at radius 1 is 0.562 bits per heavy atom. The van der Waals surface area contributed by atoms with Crippen molar-refractivity contribution in [1.29, 1.82) is 0 Å². The maximum Gasteiger partial charge on any atom is 3.00 e. The van der Waals surface area contributed by atoms with E-state index >= 15 is 0 Å². The average molecular weight is 1100 g/mol. The molecular weight excluding hydrogens is 1040 g/mol. The van der Waals surface area contributed by atoms with Gasteiger partial charge >= 0.3 is 19.8 Å². The molecule has 0 spiro atoms. The normalized spacial score (nSPS) is 15.2. The minimum absolute atomic E-state index is 0. The van der Waals surface area contributed by atoms with Crippen LogP contribution in [0, 0.1) is 0 Å². The zero-order valence-electron chi connectivity index (χ0n) is 40.4. The number of aliphatic hydroxyl groups excluding tert-OH is 2. The van der Waals surface area contributed by atoms with Crippen molar-refractivity contribution in [2.75, 3.05) is 18.1 Å². The van der Waals surface area contributed by atoms with Crippen LogP contribution in [0.15, 0.2) is 91.1 Å². The third-order valence-corrected chi connectivity index (χ3v) is 12.2. The van der Waals surface area contributed by atoms with E-state index in [4.69, 9.17) is 36.7 Å². The first-order chi connectivity index (χ1) is 34.4. The summed E-state index contributed by atoms with van der Waals surface area (Å²) in [5.74, 6) is -8.77. The van der Waals surface area contributed by atoms with E-state index in [1.54, 1.807) is 54.7 Å². The van der Waals surface area contributed by atoms with Gasteiger partial charge in [0.2, 0.25) is 41.4 Å². The molecule has 4 rings (SSSR count). The van der Waals surface area contributed by atoms with Gasteiger partial charge in [-0.2, -0.15) is 0 Å². The number of fused-ring (bicyclic) bond motifs is 1. The van der Waals surface area contributed by atoms with E-state index < -0.39 is 114 Å². The first-order valence-corrected chi connectivity index (χ1v) is 24.5. The Kier molecular flexibility index (Phi) is 26.1. The molecule has 0 radical (unpaired) electrons. The second-order valence-electron chi connectivity index (χ2n) is 17.2. The van der Waals surface area contributed by atoms with Crippen LogP contribution in [0.25, 0.3) is 10.9 Å². The number of unbranched alkanes of at least 4 members (excludes halogenated alkanes) is 1. The Morgan fingerprint density at radius 2 is 1.00 bits per heavy atom. The molecule has 0 aliphatic heterocycles. The topological polar surface area (TPSA) is 352 Å². The van der Waals surface area contributed by atoms with E-state index in [1.165, 1.54) is 6.92 Å². The molecule has 10 atom stereocenters. The van der Waals surface area contributed by atoms with Crippen LogP contribution in [-0.2, 0) is 82.9 Å². The number of H-pyrrole nitrogens is 1. The summed E-state index contributed by atoms with van der Waals surface area (Å²) in [6.45, 7) is 2.50. The van der Waals surface area contributed by atoms with Gasteiger partial charge in [-0.3, -0.25) is 33.6 Å². The standard InChI is InChI=1S/C49H66N10O11S2.Ga/c1-27(60)40(48(68)57-39(26-72)47(67)59-41(28(2)61)49(69)70)58-43(63)35(19-11-12-20-50)53-45(65)37(23-31-24-52-34-18-10-9-17-32(31)34)55-44(64)36(22-30-15-7-4-8-16-30)54-46(66)38(25-71)56-42(62)33(51)21-29-13-5-3-6-14-29;/h3-10,13-18,24,27-28,33,35-41,52,60-61,71-72H,11-12,19-23,25-26,50-51H2,1-2H3,(H,53,65)(H,54,66)(H,55,64)(H,56,62)(H,57,68)(H,58,63)(H,59,67)(H,69,70);/q;+3/p-3/t27-,28-,33-,35+,36+,37-,38+,39+,40+,41+;/m1./s1/i;1-2. The average Bonchev–Trinajstić information content (AvgIpc) is 3.77. The van der Waals surface area contributed by atoms with Crippen molar-refractivity contribution in [2.24, 2.45) is 11.5 Å². The fourth-order valence-corrected chi connectivity index (χ4v) is 7.99. The number of rotatable bonds is 29. The minimum atomic E-state index is -1.85. The third-order valence-electron chi connectivity index (χ3n) is 11.6. The van der Waals surface area contributed by atoms with Crippen molar-refractivity contribution in [3.63, 3.8) is 0 Å². The number of aromatic amines is 1. The van der Waals surface area contributed by atoms with E-state index in [1.807, 2.05) is 41.7 Å². The summed E-state index contributed by atoms with van der Waals surface area (Å²) in [6.07, 6.45) is -0.848. The van der Waals surface area contributed by atoms with Crippen LogP contribution in [0.4, 0.5) is 0 Å². The number of carboxylic acid groups (broad SMARTS) is 1. The molecule has 1 heterocycles. The molecule has 0 aliphatic rings. The van der Waals surface area contributed by atoms with Crippen molar-refractivity contribution >= 4 is 103 Å². The molecule has 3 aromatic carbocycles. The van der Waals surface area contributed by atoms with Gasteiger partial charge in [-0.15, -0.1) is 11.5 Å². The minimum Gasteiger partial charge on any atom is -0.790 e. The number of benzene rings is 3. The second kappa shape index (κ2) is 31.0. The molecule has 24 heteroatoms. The van der Waals surface area contributed by atoms with Crippen LogP contribution in [-0.4, -0.2) is 161 Å². The van der Waals surface area contributed by atoms with Gasteiger partial charge in [-0.25, -0.2) is 0 Å². The number of carbonyl (C=O) groups is 8. The van der Waals surface area contributed by atoms with E-state index in [9.17, 15) is 53.7 Å². The van der Waals surface area contributed by atoms with Crippen molar-refractivity contribution in [1.82, 2.24) is 42.2 Å². The van der Waals surface area contributed by atoms with Crippen LogP contribution in [0.1, 0.15) is 49.8 Å². The first-order valence-electron chi connectivity index (χ1n) is 23.3. The molecule has 14 N–H and O–H groups in total. The maximum atomic E-state index is 14.6. The number of aliphatic hydroxyl groups is 2. The summed E-state index contributed by atoms with van der Waals surface area (Å²) in [5, 5.41) is 50.2. The number of nitrogens with one attached hydrogen (secondary N) is 8. The second-order valence-corrected chi connectivity index (χ2v) is 17.9. The van der Waals surface area contributed by atoms with Crippen LogP contribution >= 0.6 is 0 Å². The number of carbonyl (C=O) groups excluding carboxylic acids is 8. The molecule has 0 saturated heterocycles. The fraction of sp³-hybridized carbons (Fsp3) is 0.429. The Labute approximate surface area is 447 Å². The summed E-state index contributed by atoms with van der Waals surface area (Å²) in [4.78, 5) is 111. The Balaban J connectivity index is 0.0000141. The molecule has 21 nitrogen and oxygen atoms in total. The van der Waals surface area contributed by atoms with Gasteiger partial charge < -0.3 is 99.0 Å². The summed E-state index contributed by atoms with van der Waals surface area (Å²) in [5.41, 5.74) is 14.7. The van der Waals surface area contributed by atoms with Crippen molar-refractivity contribution in [3.05, 3.63) is 108 Å². The van der Waals surface area contributed by atoms with Gasteiger partial charge in [-0.05, 0) is 68.8 Å². The Hall–Kier alpha value is -5.86. The predicted molar refractivity (Wildman–Crippen MR) is 275 cm³/mol. The van der Waals surface area contributed by atoms with Crippen molar-refractivity contribution in [3.8, 4) is 0 Å². The molecule has 390 valence electrons. The van der Waals surface area contributed by atoms with E-state index in [2.05, 4.69) is 36.9 Å². The molecule has 73 heavy (non-hydrogen) atoms. The van der Waals surface area contributed by atoms with Gasteiger partial charge in [0, 0.05) is 29.9 Å². The summed E-state index contributed by atoms with van der Waals surface area (Å²) >= 11 is 10.3. The molecule has 7 amide bonds. The van der Waals surface area contributed by atoms with Crippen molar-refractivity contribution in [2.45, 2.75) is 113 Å². The number of aliphatic carboxylic acids is 1. The van der Waals surface area contributed by atoms with Crippen LogP contribution < -0.4 is 53.8 Å². The molecule has 0 saturated carbocycles. The van der Waals surface area contributed by atoms with Gasteiger partial charge in [0.1, 0.15) is 24.2 Å². The summed E-state index contributed by atoms with van der Waals surface area (Å²) in [7, 11) is 0. The molecule has 0 aliphatic carbocycles. The predicted octanol–water partition coefficient (Wildman–Crippen LogP) is -3.73. The van der Waals surface area contributed by atoms with E-state index in [0.29, 0.717) is 24.0 Å². The monoisotopic (exact) mass is 1100 g/mol. The van der Waals surface area contributed by atoms with Gasteiger partial charge in [0.05, 0.1) is 42.3 Å². The van der Waals surface area contributed by atoms with Crippen molar-refractivity contribution < 1.29 is 53.7 Å². The number of hydrogen-bond donors (Lipinski definition) is 12. The number of hydrogen-bond acceptors (Lipinski definition) is 15. The summed E-state index contributed by atoms with van der Waals surface area (Å²) < 4.78 is 0. The molecular formula is C49H63GaN10O11S2. The molecule has 0 bridgehead atoms. The van der Waals surface area contributed by atoms with E-state index in [0.717, 1.165) is 23.4 Å². The number of carboxylic acids is 1. The number of para-hydroxylation sites is 1. The number of amides is 7. The molecule has 0 unspecified atom stereocenters. The third kappa shape index (κ3) is 19.2. The Bertz CT molecular complexity index is 2450.